The second-order valence-corrected chi connectivity index (χ2v) is 27.4. The number of unbranched alkanes of at least 4 members (excludes halogenated alkanes) is 6. The molecule has 0 saturated carbocycles. The summed E-state index contributed by atoms with van der Waals surface area (Å²) in [4.78, 5) is 1.41. The Bertz CT molecular complexity index is 3220. The molecule has 19 heteroatoms. The van der Waals surface area contributed by atoms with Gasteiger partial charge in [-0.3, -0.25) is 4.55 Å². The van der Waals surface area contributed by atoms with E-state index in [9.17, 15) is 13.0 Å². The smallest absolute Gasteiger partial charge is 0.264 e. The first-order valence-electron chi connectivity index (χ1n) is 23.5. The molecule has 3 nitrogen and oxygen atoms in total. The molecule has 1 aliphatic rings. The van der Waals surface area contributed by atoms with Crippen LogP contribution in [-0.2, 0) is 15.5 Å². The summed E-state index contributed by atoms with van der Waals surface area (Å²) in [6.45, 7) is 2.07. The van der Waals surface area contributed by atoms with Gasteiger partial charge in [0.2, 0.25) is 0 Å². The van der Waals surface area contributed by atoms with E-state index in [0.717, 1.165) is 57.1 Å². The van der Waals surface area contributed by atoms with E-state index in [0.29, 0.717) is 87.8 Å². The summed E-state index contributed by atoms with van der Waals surface area (Å²) in [6.07, 6.45) is 10.0. The Kier molecular flexibility index (Phi) is 19.0. The van der Waals surface area contributed by atoms with E-state index in [1.807, 2.05) is 24.6 Å². The van der Waals surface area contributed by atoms with Crippen molar-refractivity contribution >= 4 is 88.2 Å². The van der Waals surface area contributed by atoms with Crippen LogP contribution < -0.4 is 0 Å². The minimum Gasteiger partial charge on any atom is -0.286 e. The lowest BCUT2D eigenvalue weighted by atomic mass is 9.70. The quantitative estimate of drug-likeness (QED) is 0.0222. The van der Waals surface area contributed by atoms with Crippen molar-refractivity contribution in [2.75, 3.05) is 18.3 Å². The van der Waals surface area contributed by atoms with Crippen molar-refractivity contribution in [3.63, 3.8) is 0 Å². The Morgan fingerprint density at radius 2 is 0.905 bits per heavy atom. The first kappa shape index (κ1) is 56.7. The van der Waals surface area contributed by atoms with Gasteiger partial charge in [0, 0.05) is 34.8 Å². The molecule has 74 heavy (non-hydrogen) atoms. The SMILES string of the molecule is CCCCCCC1(CCCCCCS(=O)(=O)O)c2cc(-c3ccc(-c4c(F)c(F)c(Sc5ccc(SSC)cc5)c(F)c4F)s3)ccc2-c2ccc(-c3c(F)c(F)c(Sc4ccc(SSC)cc4)c(F)c3F)cc21. The van der Waals surface area contributed by atoms with Gasteiger partial charge < -0.3 is 0 Å². The Hall–Kier alpha value is -3.53. The van der Waals surface area contributed by atoms with Crippen molar-refractivity contribution in [1.82, 2.24) is 0 Å². The van der Waals surface area contributed by atoms with Crippen molar-refractivity contribution < 1.29 is 48.1 Å². The van der Waals surface area contributed by atoms with Gasteiger partial charge in [0.1, 0.15) is 0 Å². The van der Waals surface area contributed by atoms with Gasteiger partial charge >= 0.3 is 0 Å². The van der Waals surface area contributed by atoms with Crippen molar-refractivity contribution in [1.29, 1.82) is 0 Å². The van der Waals surface area contributed by atoms with Crippen LogP contribution in [0, 0.1) is 46.5 Å². The van der Waals surface area contributed by atoms with E-state index < -0.39 is 88.7 Å². The molecule has 7 aromatic rings. The maximum Gasteiger partial charge on any atom is 0.264 e. The highest BCUT2D eigenvalue weighted by Crippen LogP contribution is 2.57. The molecular weight excluding hydrogens is 1120 g/mol. The maximum absolute atomic E-state index is 16.4. The van der Waals surface area contributed by atoms with Crippen LogP contribution in [-0.4, -0.2) is 31.2 Å². The summed E-state index contributed by atoms with van der Waals surface area (Å²) >= 11 is 2.10. The fraction of sp³-hybridized carbons (Fsp3) is 0.273. The van der Waals surface area contributed by atoms with Crippen LogP contribution in [0.1, 0.15) is 82.3 Å². The number of halogens is 8. The number of rotatable bonds is 23. The number of hydrogen-bond acceptors (Lipinski definition) is 9. The van der Waals surface area contributed by atoms with Crippen molar-refractivity contribution in [3.05, 3.63) is 155 Å². The Labute approximate surface area is 454 Å². The fourth-order valence-electron chi connectivity index (χ4n) is 9.44. The van der Waals surface area contributed by atoms with Crippen LogP contribution in [0.3, 0.4) is 0 Å². The van der Waals surface area contributed by atoms with E-state index in [-0.39, 0.29) is 16.9 Å². The molecule has 0 saturated heterocycles. The van der Waals surface area contributed by atoms with Gasteiger partial charge in [-0.25, -0.2) is 35.1 Å². The summed E-state index contributed by atoms with van der Waals surface area (Å²) in [5.41, 5.74) is 0.989. The second-order valence-electron chi connectivity index (χ2n) is 17.6. The van der Waals surface area contributed by atoms with Crippen molar-refractivity contribution in [2.45, 2.75) is 106 Å². The number of thiophene rings is 1. The molecule has 1 unspecified atom stereocenters. The average molecular weight is 1170 g/mol. The molecule has 1 atom stereocenters. The van der Waals surface area contributed by atoms with Crippen molar-refractivity contribution in [2.24, 2.45) is 0 Å². The largest absolute Gasteiger partial charge is 0.286 e. The highest BCUT2D eigenvalue weighted by atomic mass is 33.1. The molecule has 390 valence electrons. The molecule has 1 aromatic heterocycles. The molecule has 6 aromatic carbocycles. The summed E-state index contributed by atoms with van der Waals surface area (Å²) < 4.78 is 161. The third-order valence-electron chi connectivity index (χ3n) is 12.9. The monoisotopic (exact) mass is 1160 g/mol. The summed E-state index contributed by atoms with van der Waals surface area (Å²) in [7, 11) is 1.84. The third-order valence-corrected chi connectivity index (χ3v) is 20.4. The van der Waals surface area contributed by atoms with Gasteiger partial charge in [0.25, 0.3) is 10.1 Å². The van der Waals surface area contributed by atoms with Crippen LogP contribution in [0.15, 0.2) is 126 Å². The Balaban J connectivity index is 1.19. The fourth-order valence-corrected chi connectivity index (χ4v) is 15.5. The normalized spacial score (nSPS) is 14.2. The lowest BCUT2D eigenvalue weighted by molar-refractivity contribution is 0.400. The van der Waals surface area contributed by atoms with E-state index in [4.69, 9.17) is 0 Å². The molecule has 0 radical (unpaired) electrons. The van der Waals surface area contributed by atoms with Crippen molar-refractivity contribution in [3.8, 4) is 43.1 Å². The van der Waals surface area contributed by atoms with Crippen LogP contribution in [0.4, 0.5) is 35.1 Å². The van der Waals surface area contributed by atoms with Crippen LogP contribution >= 0.6 is 78.0 Å². The summed E-state index contributed by atoms with van der Waals surface area (Å²) in [5, 5.41) is 0. The van der Waals surface area contributed by atoms with Gasteiger partial charge in [-0.1, -0.05) is 143 Å². The zero-order valence-electron chi connectivity index (χ0n) is 40.1. The Morgan fingerprint density at radius 3 is 1.38 bits per heavy atom. The highest BCUT2D eigenvalue weighted by Gasteiger charge is 2.43. The molecule has 0 aliphatic heterocycles. The predicted octanol–water partition coefficient (Wildman–Crippen LogP) is 20.0. The minimum atomic E-state index is -4.17. The van der Waals surface area contributed by atoms with Gasteiger partial charge in [0.05, 0.1) is 26.7 Å². The molecule has 8 rings (SSSR count). The first-order chi connectivity index (χ1) is 35.5. The van der Waals surface area contributed by atoms with Gasteiger partial charge in [-0.15, -0.1) is 11.3 Å². The van der Waals surface area contributed by atoms with Crippen LogP contribution in [0.5, 0.6) is 0 Å². The summed E-state index contributed by atoms with van der Waals surface area (Å²) in [5.74, 6) is -12.7. The number of fused-ring (bicyclic) bond motifs is 3. The third kappa shape index (κ3) is 12.3. The van der Waals surface area contributed by atoms with Crippen LogP contribution in [0.25, 0.3) is 43.1 Å². The lowest BCUT2D eigenvalue weighted by Gasteiger charge is -2.33. The molecule has 0 bridgehead atoms. The van der Waals surface area contributed by atoms with E-state index in [1.54, 1.807) is 72.8 Å². The molecule has 0 amide bonds. The molecule has 0 fully saturated rings. The minimum absolute atomic E-state index is 0.0527. The molecule has 0 spiro atoms. The van der Waals surface area contributed by atoms with E-state index in [1.165, 1.54) is 55.3 Å². The van der Waals surface area contributed by atoms with E-state index >= 15 is 35.1 Å². The second kappa shape index (κ2) is 24.9. The highest BCUT2D eigenvalue weighted by molar-refractivity contribution is 8.76. The molecule has 1 aliphatic carbocycles. The van der Waals surface area contributed by atoms with E-state index in [2.05, 4.69) is 6.92 Å². The summed E-state index contributed by atoms with van der Waals surface area (Å²) in [6, 6.07) is 26.8. The van der Waals surface area contributed by atoms with Gasteiger partial charge in [-0.2, -0.15) is 8.42 Å². The predicted molar refractivity (Wildman–Crippen MR) is 295 cm³/mol. The lowest BCUT2D eigenvalue weighted by Crippen LogP contribution is -2.25. The van der Waals surface area contributed by atoms with Gasteiger partial charge in [-0.05, 0) is 138 Å². The van der Waals surface area contributed by atoms with Gasteiger partial charge in [0.15, 0.2) is 46.5 Å². The molecule has 1 heterocycles. The first-order valence-corrected chi connectivity index (χ1v) is 32.7. The number of hydrogen-bond donors (Lipinski definition) is 1. The average Bonchev–Trinajstić information content (AvgIpc) is 4.00. The topological polar surface area (TPSA) is 54.4 Å². The van der Waals surface area contributed by atoms with Crippen LogP contribution in [0.2, 0.25) is 0 Å². The number of benzene rings is 6. The zero-order chi connectivity index (χ0) is 52.9. The Morgan fingerprint density at radius 1 is 0.486 bits per heavy atom. The molecule has 1 N–H and O–H groups in total. The maximum atomic E-state index is 16.4. The molecular formula is C55H48F8O3S8. The standard InChI is InChI=1S/C55H48F8O3S8/c1-4-5-6-9-26-55(27-10-7-8-11-28-74(64,65)66)39-29-31(41-24-25-42(71-41)44-47(58)51(62)54(52(63)48(44)59)70-34-16-20-36(21-17-34)73-68-3)12-22-37(39)38-23-13-32(30-40(38)55)43-45(56)49(60)53(50(61)46(43)57)69-33-14-18-35(19-15-33)72-67-2/h12-25,29-30H,4-11,26-28H2,1-3H3,(H,64,65,66). The zero-order valence-corrected chi connectivity index (χ0v) is 46.6.